The van der Waals surface area contributed by atoms with E-state index in [2.05, 4.69) is 0 Å². The number of benzene rings is 1. The molecule has 1 aromatic rings. The molecule has 17 heavy (non-hydrogen) atoms. The van der Waals surface area contributed by atoms with Crippen LogP contribution >= 0.6 is 11.8 Å². The van der Waals surface area contributed by atoms with Crippen LogP contribution in [0.15, 0.2) is 18.2 Å². The Morgan fingerprint density at radius 2 is 2.24 bits per heavy atom. The van der Waals surface area contributed by atoms with Crippen LogP contribution in [0.25, 0.3) is 0 Å². The number of aliphatic carboxylic acids is 1. The third kappa shape index (κ3) is 2.44. The van der Waals surface area contributed by atoms with Gasteiger partial charge in [-0.1, -0.05) is 6.07 Å². The Balaban J connectivity index is 2.26. The van der Waals surface area contributed by atoms with Crippen molar-refractivity contribution in [2.75, 3.05) is 5.75 Å². The molecule has 1 aromatic carbocycles. The predicted octanol–water partition coefficient (Wildman–Crippen LogP) is 2.86. The summed E-state index contributed by atoms with van der Waals surface area (Å²) in [5.41, 5.74) is 0.267. The number of thioether (sulfide) groups is 1. The number of rotatable bonds is 3. The molecule has 1 unspecified atom stereocenters. The topological polar surface area (TPSA) is 37.3 Å². The highest BCUT2D eigenvalue weighted by atomic mass is 32.2. The average Bonchev–Trinajstić information content (AvgIpc) is 2.72. The van der Waals surface area contributed by atoms with Gasteiger partial charge in [0.15, 0.2) is 0 Å². The first kappa shape index (κ1) is 12.4. The number of halogens is 2. The van der Waals surface area contributed by atoms with Crippen molar-refractivity contribution in [1.82, 2.24) is 0 Å². The Bertz CT molecular complexity index is 442. The minimum absolute atomic E-state index is 0.110. The largest absolute Gasteiger partial charge is 0.480 e. The number of hydrogen-bond donors (Lipinski definition) is 1. The second kappa shape index (κ2) is 4.64. The third-order valence-electron chi connectivity index (χ3n) is 2.98. The molecule has 1 aliphatic rings. The molecule has 1 heterocycles. The maximum atomic E-state index is 13.5. The maximum Gasteiger partial charge on any atom is 0.320 e. The first-order valence-electron chi connectivity index (χ1n) is 5.35. The van der Waals surface area contributed by atoms with Gasteiger partial charge in [0.1, 0.15) is 16.4 Å². The lowest BCUT2D eigenvalue weighted by Crippen LogP contribution is -2.35. The Morgan fingerprint density at radius 3 is 2.76 bits per heavy atom. The van der Waals surface area contributed by atoms with Gasteiger partial charge < -0.3 is 5.11 Å². The molecule has 1 atom stereocenters. The summed E-state index contributed by atoms with van der Waals surface area (Å²) in [4.78, 5) is 11.3. The van der Waals surface area contributed by atoms with Crippen molar-refractivity contribution < 1.29 is 18.7 Å². The molecule has 0 aliphatic carbocycles. The van der Waals surface area contributed by atoms with Gasteiger partial charge in [0.2, 0.25) is 0 Å². The molecule has 92 valence electrons. The van der Waals surface area contributed by atoms with Crippen LogP contribution in [0.4, 0.5) is 8.78 Å². The van der Waals surface area contributed by atoms with Crippen molar-refractivity contribution >= 4 is 17.7 Å². The summed E-state index contributed by atoms with van der Waals surface area (Å²) in [5.74, 6) is -1.45. The van der Waals surface area contributed by atoms with E-state index in [1.165, 1.54) is 17.8 Å². The number of carboxylic acids is 1. The molecule has 0 aromatic heterocycles. The van der Waals surface area contributed by atoms with E-state index in [0.29, 0.717) is 6.42 Å². The molecular formula is C12H12F2O2S. The molecule has 0 amide bonds. The van der Waals surface area contributed by atoms with Crippen LogP contribution in [-0.4, -0.2) is 21.6 Å². The number of hydrogen-bond acceptors (Lipinski definition) is 2. The van der Waals surface area contributed by atoms with Gasteiger partial charge in [-0.2, -0.15) is 0 Å². The Labute approximate surface area is 102 Å². The zero-order valence-corrected chi connectivity index (χ0v) is 9.90. The Hall–Kier alpha value is -1.10. The standard InChI is InChI=1S/C12H12F2O2S/c13-9-3-2-8(10(14)6-9)7-12(11(15)16)4-1-5-17-12/h2-3,6H,1,4-5,7H2,(H,15,16). The van der Waals surface area contributed by atoms with Crippen molar-refractivity contribution in [2.24, 2.45) is 0 Å². The summed E-state index contributed by atoms with van der Waals surface area (Å²) in [7, 11) is 0. The molecule has 5 heteroatoms. The molecule has 0 radical (unpaired) electrons. The quantitative estimate of drug-likeness (QED) is 0.905. The molecule has 1 aliphatic heterocycles. The third-order valence-corrected chi connectivity index (χ3v) is 4.55. The molecule has 2 rings (SSSR count). The summed E-state index contributed by atoms with van der Waals surface area (Å²) < 4.78 is 25.3. The van der Waals surface area contributed by atoms with Crippen molar-refractivity contribution in [3.63, 3.8) is 0 Å². The van der Waals surface area contributed by atoms with Gasteiger partial charge in [0, 0.05) is 12.5 Å². The highest BCUT2D eigenvalue weighted by Gasteiger charge is 2.42. The Kier molecular flexibility index (Phi) is 3.38. The van der Waals surface area contributed by atoms with Crippen LogP contribution in [0.3, 0.4) is 0 Å². The molecule has 2 nitrogen and oxygen atoms in total. The second-order valence-electron chi connectivity index (χ2n) is 4.16. The highest BCUT2D eigenvalue weighted by molar-refractivity contribution is 8.01. The van der Waals surface area contributed by atoms with E-state index >= 15 is 0 Å². The summed E-state index contributed by atoms with van der Waals surface area (Å²) in [6.07, 6.45) is 1.46. The van der Waals surface area contributed by atoms with Crippen LogP contribution in [0.5, 0.6) is 0 Å². The van der Waals surface area contributed by atoms with Gasteiger partial charge in [0.05, 0.1) is 0 Å². The van der Waals surface area contributed by atoms with Crippen LogP contribution in [0, 0.1) is 11.6 Å². The molecule has 0 saturated carbocycles. The fourth-order valence-electron chi connectivity index (χ4n) is 2.05. The predicted molar refractivity (Wildman–Crippen MR) is 62.1 cm³/mol. The Morgan fingerprint density at radius 1 is 1.47 bits per heavy atom. The first-order valence-corrected chi connectivity index (χ1v) is 6.33. The van der Waals surface area contributed by atoms with E-state index in [1.54, 1.807) is 0 Å². The summed E-state index contributed by atoms with van der Waals surface area (Å²) in [5, 5.41) is 9.25. The van der Waals surface area contributed by atoms with Crippen LogP contribution in [0.1, 0.15) is 18.4 Å². The fourth-order valence-corrected chi connectivity index (χ4v) is 3.40. The zero-order valence-electron chi connectivity index (χ0n) is 9.08. The smallest absolute Gasteiger partial charge is 0.320 e. The number of carbonyl (C=O) groups is 1. The summed E-state index contributed by atoms with van der Waals surface area (Å²) in [6, 6.07) is 3.28. The summed E-state index contributed by atoms with van der Waals surface area (Å²) in [6.45, 7) is 0. The van der Waals surface area contributed by atoms with Gasteiger partial charge in [0.25, 0.3) is 0 Å². The van der Waals surface area contributed by atoms with Crippen molar-refractivity contribution in [1.29, 1.82) is 0 Å². The van der Waals surface area contributed by atoms with Gasteiger partial charge in [-0.15, -0.1) is 11.8 Å². The maximum absolute atomic E-state index is 13.5. The van der Waals surface area contributed by atoms with E-state index in [-0.39, 0.29) is 12.0 Å². The van der Waals surface area contributed by atoms with Crippen molar-refractivity contribution in [2.45, 2.75) is 24.0 Å². The van der Waals surface area contributed by atoms with Gasteiger partial charge >= 0.3 is 5.97 Å². The molecule has 1 fully saturated rings. The van der Waals surface area contributed by atoms with E-state index in [0.717, 1.165) is 24.3 Å². The normalized spacial score (nSPS) is 23.9. The van der Waals surface area contributed by atoms with Crippen molar-refractivity contribution in [3.8, 4) is 0 Å². The second-order valence-corrected chi connectivity index (χ2v) is 5.64. The van der Waals surface area contributed by atoms with Crippen LogP contribution in [-0.2, 0) is 11.2 Å². The molecule has 0 bridgehead atoms. The zero-order chi connectivity index (χ0) is 12.5. The first-order chi connectivity index (χ1) is 8.03. The minimum Gasteiger partial charge on any atom is -0.480 e. The van der Waals surface area contributed by atoms with Gasteiger partial charge in [-0.05, 0) is 30.2 Å². The van der Waals surface area contributed by atoms with Crippen molar-refractivity contribution in [3.05, 3.63) is 35.4 Å². The molecule has 0 spiro atoms. The van der Waals surface area contributed by atoms with Gasteiger partial charge in [-0.3, -0.25) is 4.79 Å². The SMILES string of the molecule is O=C(O)C1(Cc2ccc(F)cc2F)CCCS1. The molecule has 1 saturated heterocycles. The lowest BCUT2D eigenvalue weighted by atomic mass is 9.94. The van der Waals surface area contributed by atoms with Gasteiger partial charge in [-0.25, -0.2) is 8.78 Å². The molecule has 1 N–H and O–H groups in total. The average molecular weight is 258 g/mol. The van der Waals surface area contributed by atoms with E-state index < -0.39 is 22.4 Å². The highest BCUT2D eigenvalue weighted by Crippen LogP contribution is 2.41. The molecular weight excluding hydrogens is 246 g/mol. The fraction of sp³-hybridized carbons (Fsp3) is 0.417. The van der Waals surface area contributed by atoms with Crippen LogP contribution < -0.4 is 0 Å². The lowest BCUT2D eigenvalue weighted by molar-refractivity contribution is -0.139. The summed E-state index contributed by atoms with van der Waals surface area (Å²) >= 11 is 1.35. The number of carboxylic acid groups (broad SMARTS) is 1. The minimum atomic E-state index is -0.946. The monoisotopic (exact) mass is 258 g/mol. The van der Waals surface area contributed by atoms with E-state index in [4.69, 9.17) is 0 Å². The van der Waals surface area contributed by atoms with E-state index in [1.807, 2.05) is 0 Å². The van der Waals surface area contributed by atoms with Crippen LogP contribution in [0.2, 0.25) is 0 Å². The lowest BCUT2D eigenvalue weighted by Gasteiger charge is -2.23. The van der Waals surface area contributed by atoms with E-state index in [9.17, 15) is 18.7 Å².